The summed E-state index contributed by atoms with van der Waals surface area (Å²) in [6, 6.07) is 0. The minimum Gasteiger partial charge on any atom is -0.242 e. The quantitative estimate of drug-likeness (QED) is 0.537. The third-order valence-electron chi connectivity index (χ3n) is 0.885. The Morgan fingerprint density at radius 2 is 2.44 bits per heavy atom. The van der Waals surface area contributed by atoms with Crippen LogP contribution >= 0.6 is 24.4 Å². The number of hydrogen-bond donors (Lipinski definition) is 1. The highest BCUT2D eigenvalue weighted by Crippen LogP contribution is 2.31. The Bertz CT molecular complexity index is 172. The zero-order valence-electron chi connectivity index (χ0n) is 5.33. The minimum atomic E-state index is -0.300. The highest BCUT2D eigenvalue weighted by atomic mass is 32.2. The van der Waals surface area contributed by atoms with Crippen molar-refractivity contribution in [2.24, 2.45) is 9.98 Å². The van der Waals surface area contributed by atoms with Gasteiger partial charge < -0.3 is 0 Å². The first-order valence-corrected chi connectivity index (χ1v) is 3.92. The molecule has 0 saturated carbocycles. The predicted octanol–water partition coefficient (Wildman–Crippen LogP) is 1.78. The number of nitrogens with zero attached hydrogens (tertiary/aromatic N) is 2. The molecular weight excluding hydrogens is 152 g/mol. The van der Waals surface area contributed by atoms with Crippen LogP contribution in [0, 0.1) is 0 Å². The second-order valence-corrected chi connectivity index (χ2v) is 4.36. The smallest absolute Gasteiger partial charge is 0.153 e. The molecule has 0 aromatic rings. The molecule has 50 valence electrons. The molecule has 0 aromatic carbocycles. The summed E-state index contributed by atoms with van der Waals surface area (Å²) < 4.78 is -0.300. The lowest BCUT2D eigenvalue weighted by atomic mass is 10.6. The van der Waals surface area contributed by atoms with Gasteiger partial charge in [-0.2, -0.15) is 0 Å². The van der Waals surface area contributed by atoms with E-state index in [1.807, 2.05) is 13.8 Å². The zero-order chi connectivity index (χ0) is 6.91. The fourth-order valence-electron chi connectivity index (χ4n) is 0.558. The van der Waals surface area contributed by atoms with Crippen molar-refractivity contribution < 1.29 is 0 Å². The van der Waals surface area contributed by atoms with Crippen molar-refractivity contribution in [2.45, 2.75) is 18.1 Å². The first-order valence-electron chi connectivity index (χ1n) is 2.59. The van der Waals surface area contributed by atoms with Gasteiger partial charge in [0.25, 0.3) is 0 Å². The normalized spacial score (nSPS) is 34.3. The zero-order valence-corrected chi connectivity index (χ0v) is 7.04. The molecule has 4 heteroatoms. The van der Waals surface area contributed by atoms with Crippen LogP contribution in [0.2, 0.25) is 0 Å². The van der Waals surface area contributed by atoms with Gasteiger partial charge in [-0.05, 0) is 13.8 Å². The lowest BCUT2D eigenvalue weighted by molar-refractivity contribution is 0.972. The van der Waals surface area contributed by atoms with Gasteiger partial charge >= 0.3 is 0 Å². The Balaban J connectivity index is 2.78. The second-order valence-electron chi connectivity index (χ2n) is 1.95. The molecule has 0 aromatic heterocycles. The topological polar surface area (TPSA) is 24.7 Å². The van der Waals surface area contributed by atoms with Gasteiger partial charge in [-0.3, -0.25) is 0 Å². The maximum Gasteiger partial charge on any atom is 0.153 e. The SMILES string of the molecule is CC1=NC(C)(S)SC=N1. The summed E-state index contributed by atoms with van der Waals surface area (Å²) in [7, 11) is 0. The summed E-state index contributed by atoms with van der Waals surface area (Å²) in [6.45, 7) is 3.81. The molecule has 0 spiro atoms. The van der Waals surface area contributed by atoms with Crippen LogP contribution in [0.1, 0.15) is 13.8 Å². The average Bonchev–Trinajstić information content (AvgIpc) is 1.60. The lowest BCUT2D eigenvalue weighted by Crippen LogP contribution is -2.13. The lowest BCUT2D eigenvalue weighted by Gasteiger charge is -2.18. The number of aliphatic imine (C=N–C) groups is 2. The van der Waals surface area contributed by atoms with Gasteiger partial charge in [0.2, 0.25) is 0 Å². The van der Waals surface area contributed by atoms with Crippen molar-refractivity contribution in [1.29, 1.82) is 0 Å². The van der Waals surface area contributed by atoms with E-state index >= 15 is 0 Å². The van der Waals surface area contributed by atoms with Gasteiger partial charge in [0.05, 0.1) is 5.55 Å². The van der Waals surface area contributed by atoms with Crippen LogP contribution in [0.15, 0.2) is 9.98 Å². The molecule has 1 unspecified atom stereocenters. The van der Waals surface area contributed by atoms with Gasteiger partial charge in [-0.25, -0.2) is 9.98 Å². The van der Waals surface area contributed by atoms with Gasteiger partial charge in [-0.1, -0.05) is 11.8 Å². The monoisotopic (exact) mass is 160 g/mol. The fraction of sp³-hybridized carbons (Fsp3) is 0.600. The molecule has 0 fully saturated rings. The molecule has 1 rings (SSSR count). The first kappa shape index (κ1) is 7.15. The Labute approximate surface area is 64.3 Å². The van der Waals surface area contributed by atoms with E-state index in [4.69, 9.17) is 0 Å². The number of rotatable bonds is 0. The highest BCUT2D eigenvalue weighted by molar-refractivity contribution is 8.20. The molecule has 0 N–H and O–H groups in total. The fourth-order valence-corrected chi connectivity index (χ4v) is 1.43. The number of amidine groups is 1. The standard InChI is InChI=1S/C5H8N2S2/c1-4-6-3-9-5(2,8)7-4/h3,8H,1-2H3. The second kappa shape index (κ2) is 2.34. The Morgan fingerprint density at radius 1 is 1.78 bits per heavy atom. The van der Waals surface area contributed by atoms with E-state index in [0.29, 0.717) is 0 Å². The average molecular weight is 160 g/mol. The van der Waals surface area contributed by atoms with Crippen LogP contribution in [0.3, 0.4) is 0 Å². The van der Waals surface area contributed by atoms with Crippen LogP contribution < -0.4 is 0 Å². The molecule has 2 nitrogen and oxygen atoms in total. The van der Waals surface area contributed by atoms with Crippen LogP contribution in [0.4, 0.5) is 0 Å². The molecule has 0 radical (unpaired) electrons. The van der Waals surface area contributed by atoms with Crippen molar-refractivity contribution in [2.75, 3.05) is 0 Å². The summed E-state index contributed by atoms with van der Waals surface area (Å²) in [5, 5.41) is 0. The minimum absolute atomic E-state index is 0.300. The Hall–Kier alpha value is 0.0400. The maximum absolute atomic E-state index is 4.26. The van der Waals surface area contributed by atoms with E-state index in [9.17, 15) is 0 Å². The largest absolute Gasteiger partial charge is 0.242 e. The highest BCUT2D eigenvalue weighted by Gasteiger charge is 2.19. The number of thioether (sulfide) groups is 1. The van der Waals surface area contributed by atoms with Crippen molar-refractivity contribution in [3.05, 3.63) is 0 Å². The maximum atomic E-state index is 4.26. The molecule has 0 saturated heterocycles. The molecule has 1 heterocycles. The van der Waals surface area contributed by atoms with Crippen LogP contribution in [0.5, 0.6) is 0 Å². The third-order valence-corrected chi connectivity index (χ3v) is 2.05. The van der Waals surface area contributed by atoms with Gasteiger partial charge in [0.15, 0.2) is 4.20 Å². The summed E-state index contributed by atoms with van der Waals surface area (Å²) >= 11 is 5.77. The van der Waals surface area contributed by atoms with Gasteiger partial charge in [0.1, 0.15) is 5.84 Å². The summed E-state index contributed by atoms with van der Waals surface area (Å²) in [5.41, 5.74) is 1.77. The molecule has 1 atom stereocenters. The molecule has 0 amide bonds. The summed E-state index contributed by atoms with van der Waals surface area (Å²) in [4.78, 5) is 8.13. The van der Waals surface area contributed by atoms with Crippen molar-refractivity contribution >= 4 is 35.8 Å². The van der Waals surface area contributed by atoms with Crippen LogP contribution in [-0.2, 0) is 0 Å². The predicted molar refractivity (Wildman–Crippen MR) is 46.6 cm³/mol. The van der Waals surface area contributed by atoms with Crippen molar-refractivity contribution in [3.8, 4) is 0 Å². The summed E-state index contributed by atoms with van der Waals surface area (Å²) in [5.74, 6) is 0.797. The Morgan fingerprint density at radius 3 is 2.78 bits per heavy atom. The molecule has 9 heavy (non-hydrogen) atoms. The number of thiol groups is 1. The number of hydrogen-bond acceptors (Lipinski definition) is 4. The first-order chi connectivity index (χ1) is 4.10. The van der Waals surface area contributed by atoms with E-state index in [2.05, 4.69) is 22.6 Å². The Kier molecular flexibility index (Phi) is 1.86. The molecular formula is C5H8N2S2. The van der Waals surface area contributed by atoms with E-state index in [1.165, 1.54) is 11.8 Å². The van der Waals surface area contributed by atoms with Crippen molar-refractivity contribution in [3.63, 3.8) is 0 Å². The summed E-state index contributed by atoms with van der Waals surface area (Å²) in [6.07, 6.45) is 0. The molecule has 1 aliphatic heterocycles. The molecule has 0 bridgehead atoms. The van der Waals surface area contributed by atoms with Crippen molar-refractivity contribution in [1.82, 2.24) is 0 Å². The van der Waals surface area contributed by atoms with E-state index < -0.39 is 0 Å². The van der Waals surface area contributed by atoms with E-state index in [-0.39, 0.29) is 4.20 Å². The van der Waals surface area contributed by atoms with Crippen LogP contribution in [0.25, 0.3) is 0 Å². The van der Waals surface area contributed by atoms with Gasteiger partial charge in [-0.15, -0.1) is 12.6 Å². The molecule has 1 aliphatic rings. The third kappa shape index (κ3) is 2.02. The van der Waals surface area contributed by atoms with Gasteiger partial charge in [0, 0.05) is 0 Å². The van der Waals surface area contributed by atoms with Crippen LogP contribution in [-0.4, -0.2) is 15.6 Å². The van der Waals surface area contributed by atoms with E-state index in [0.717, 1.165) is 5.84 Å². The molecule has 0 aliphatic carbocycles. The van der Waals surface area contributed by atoms with E-state index in [1.54, 1.807) is 5.55 Å².